The van der Waals surface area contributed by atoms with Crippen LogP contribution in [0.1, 0.15) is 6.42 Å². The first-order valence-electron chi connectivity index (χ1n) is 7.21. The smallest absolute Gasteiger partial charge is 0.414 e. The van der Waals surface area contributed by atoms with Gasteiger partial charge < -0.3 is 20.3 Å². The zero-order valence-electron chi connectivity index (χ0n) is 12.9. The van der Waals surface area contributed by atoms with E-state index in [1.165, 1.54) is 6.07 Å². The molecular formula is C15H19FN2O6. The summed E-state index contributed by atoms with van der Waals surface area (Å²) in [5, 5.41) is 17.4. The topological polar surface area (TPSA) is 116 Å². The van der Waals surface area contributed by atoms with Gasteiger partial charge in [0.2, 0.25) is 5.91 Å². The number of nitrogens with zero attached hydrogens (tertiary/aromatic N) is 1. The van der Waals surface area contributed by atoms with Gasteiger partial charge in [0.05, 0.1) is 18.9 Å². The van der Waals surface area contributed by atoms with Gasteiger partial charge in [-0.25, -0.2) is 14.0 Å². The Hall–Kier alpha value is -2.52. The molecule has 0 saturated carbocycles. The van der Waals surface area contributed by atoms with E-state index in [1.807, 2.05) is 0 Å². The molecular weight excluding hydrogens is 323 g/mol. The minimum atomic E-state index is -1.82. The molecule has 1 heterocycles. The van der Waals surface area contributed by atoms with Crippen molar-refractivity contribution in [3.8, 4) is 0 Å². The van der Waals surface area contributed by atoms with Gasteiger partial charge >= 0.3 is 11.9 Å². The molecule has 1 amide bonds. The van der Waals surface area contributed by atoms with Crippen LogP contribution in [-0.4, -0.2) is 65.8 Å². The van der Waals surface area contributed by atoms with Gasteiger partial charge in [-0.3, -0.25) is 9.69 Å². The monoisotopic (exact) mass is 342 g/mol. The van der Waals surface area contributed by atoms with Gasteiger partial charge in [0.15, 0.2) is 0 Å². The van der Waals surface area contributed by atoms with Gasteiger partial charge in [0, 0.05) is 26.1 Å². The van der Waals surface area contributed by atoms with Crippen molar-refractivity contribution < 1.29 is 33.7 Å². The molecule has 1 aliphatic rings. The van der Waals surface area contributed by atoms with Crippen molar-refractivity contribution in [1.29, 1.82) is 0 Å². The molecule has 0 atom stereocenters. The molecule has 0 spiro atoms. The number of rotatable bonds is 4. The zero-order valence-corrected chi connectivity index (χ0v) is 12.9. The molecule has 1 aliphatic heterocycles. The van der Waals surface area contributed by atoms with Crippen molar-refractivity contribution in [3.05, 3.63) is 30.1 Å². The van der Waals surface area contributed by atoms with E-state index in [-0.39, 0.29) is 11.6 Å². The molecule has 3 N–H and O–H groups in total. The summed E-state index contributed by atoms with van der Waals surface area (Å²) in [6, 6.07) is 6.18. The summed E-state index contributed by atoms with van der Waals surface area (Å²) in [6.45, 7) is 3.83. The van der Waals surface area contributed by atoms with Crippen LogP contribution in [0.3, 0.4) is 0 Å². The number of hydrogen-bond donors (Lipinski definition) is 3. The van der Waals surface area contributed by atoms with Crippen LogP contribution in [0.2, 0.25) is 0 Å². The molecule has 1 aromatic carbocycles. The predicted octanol–water partition coefficient (Wildman–Crippen LogP) is 0.642. The molecule has 0 aromatic heterocycles. The fourth-order valence-electron chi connectivity index (χ4n) is 1.86. The van der Waals surface area contributed by atoms with Crippen LogP contribution in [0.15, 0.2) is 24.3 Å². The number of anilines is 1. The Morgan fingerprint density at radius 1 is 1.12 bits per heavy atom. The Morgan fingerprint density at radius 2 is 1.71 bits per heavy atom. The maximum Gasteiger partial charge on any atom is 0.414 e. The summed E-state index contributed by atoms with van der Waals surface area (Å²) in [5.74, 6) is -4.21. The van der Waals surface area contributed by atoms with E-state index < -0.39 is 17.8 Å². The van der Waals surface area contributed by atoms with Crippen molar-refractivity contribution in [3.63, 3.8) is 0 Å². The second-order valence-electron chi connectivity index (χ2n) is 4.84. The lowest BCUT2D eigenvalue weighted by Crippen LogP contribution is -2.38. The molecule has 1 aromatic rings. The van der Waals surface area contributed by atoms with E-state index in [0.717, 1.165) is 26.3 Å². The van der Waals surface area contributed by atoms with E-state index >= 15 is 0 Å². The van der Waals surface area contributed by atoms with Crippen LogP contribution in [0.25, 0.3) is 0 Å². The van der Waals surface area contributed by atoms with Crippen LogP contribution < -0.4 is 5.32 Å². The lowest BCUT2D eigenvalue weighted by molar-refractivity contribution is -0.159. The Bertz CT molecular complexity index is 563. The average Bonchev–Trinajstić information content (AvgIpc) is 2.56. The number of ether oxygens (including phenoxy) is 1. The number of para-hydroxylation sites is 1. The van der Waals surface area contributed by atoms with Crippen LogP contribution in [0.4, 0.5) is 10.1 Å². The van der Waals surface area contributed by atoms with Crippen LogP contribution in [0, 0.1) is 5.82 Å². The molecule has 0 aliphatic carbocycles. The summed E-state index contributed by atoms with van der Waals surface area (Å²) < 4.78 is 18.5. The molecule has 9 heteroatoms. The fourth-order valence-corrected chi connectivity index (χ4v) is 1.86. The fraction of sp³-hybridized carbons (Fsp3) is 0.400. The number of hydrogen-bond acceptors (Lipinski definition) is 5. The Labute approximate surface area is 137 Å². The maximum absolute atomic E-state index is 13.3. The Balaban J connectivity index is 0.000000413. The summed E-state index contributed by atoms with van der Waals surface area (Å²) in [5.41, 5.74) is 0.240. The molecule has 1 fully saturated rings. The Morgan fingerprint density at radius 3 is 2.25 bits per heavy atom. The maximum atomic E-state index is 13.3. The SMILES string of the molecule is O=C(CCN1CCOCC1)Nc1ccccc1F.O=C(O)C(=O)O. The molecule has 0 bridgehead atoms. The minimum Gasteiger partial charge on any atom is -0.473 e. The number of amides is 1. The standard InChI is InChI=1S/C13H17FN2O2.C2H2O4/c14-11-3-1-2-4-12(11)15-13(17)5-6-16-7-9-18-10-8-16;3-1(4)2(5)6/h1-4H,5-10H2,(H,15,17);(H,3,4)(H,5,6). The number of aliphatic carboxylic acids is 2. The van der Waals surface area contributed by atoms with E-state index in [4.69, 9.17) is 24.5 Å². The highest BCUT2D eigenvalue weighted by Crippen LogP contribution is 2.12. The predicted molar refractivity (Wildman–Crippen MR) is 82.2 cm³/mol. The molecule has 0 radical (unpaired) electrons. The Kier molecular flexibility index (Phi) is 8.37. The summed E-state index contributed by atoms with van der Waals surface area (Å²) in [7, 11) is 0. The lowest BCUT2D eigenvalue weighted by Gasteiger charge is -2.26. The first-order valence-corrected chi connectivity index (χ1v) is 7.21. The van der Waals surface area contributed by atoms with Crippen LogP contribution >= 0.6 is 0 Å². The molecule has 1 saturated heterocycles. The van der Waals surface area contributed by atoms with Crippen molar-refractivity contribution >= 4 is 23.5 Å². The van der Waals surface area contributed by atoms with Crippen LogP contribution in [-0.2, 0) is 19.1 Å². The molecule has 24 heavy (non-hydrogen) atoms. The summed E-state index contributed by atoms with van der Waals surface area (Å²) in [6.07, 6.45) is 0.369. The molecule has 132 valence electrons. The first kappa shape index (κ1) is 19.5. The average molecular weight is 342 g/mol. The zero-order chi connectivity index (χ0) is 17.9. The van der Waals surface area contributed by atoms with Gasteiger partial charge in [-0.2, -0.15) is 0 Å². The second kappa shape index (κ2) is 10.3. The van der Waals surface area contributed by atoms with Gasteiger partial charge in [0.25, 0.3) is 0 Å². The third kappa shape index (κ3) is 7.65. The van der Waals surface area contributed by atoms with Crippen molar-refractivity contribution in [2.45, 2.75) is 6.42 Å². The highest BCUT2D eigenvalue weighted by molar-refractivity contribution is 6.27. The highest BCUT2D eigenvalue weighted by Gasteiger charge is 2.12. The van der Waals surface area contributed by atoms with Gasteiger partial charge in [-0.15, -0.1) is 0 Å². The van der Waals surface area contributed by atoms with E-state index in [1.54, 1.807) is 18.2 Å². The molecule has 8 nitrogen and oxygen atoms in total. The molecule has 2 rings (SSSR count). The number of carboxylic acid groups (broad SMARTS) is 2. The van der Waals surface area contributed by atoms with E-state index in [0.29, 0.717) is 13.0 Å². The van der Waals surface area contributed by atoms with E-state index in [9.17, 15) is 9.18 Å². The number of benzene rings is 1. The van der Waals surface area contributed by atoms with Crippen molar-refractivity contribution in [1.82, 2.24) is 4.90 Å². The number of halogens is 1. The van der Waals surface area contributed by atoms with Gasteiger partial charge in [-0.1, -0.05) is 12.1 Å². The normalized spacial score (nSPS) is 14.2. The number of carbonyl (C=O) groups is 3. The largest absolute Gasteiger partial charge is 0.473 e. The first-order chi connectivity index (χ1) is 11.4. The van der Waals surface area contributed by atoms with E-state index in [2.05, 4.69) is 10.2 Å². The lowest BCUT2D eigenvalue weighted by atomic mass is 10.3. The highest BCUT2D eigenvalue weighted by atomic mass is 19.1. The van der Waals surface area contributed by atoms with Crippen molar-refractivity contribution in [2.24, 2.45) is 0 Å². The molecule has 0 unspecified atom stereocenters. The van der Waals surface area contributed by atoms with Crippen molar-refractivity contribution in [2.75, 3.05) is 38.2 Å². The van der Waals surface area contributed by atoms with Crippen LogP contribution in [0.5, 0.6) is 0 Å². The number of nitrogens with one attached hydrogen (secondary N) is 1. The summed E-state index contributed by atoms with van der Waals surface area (Å²) in [4.78, 5) is 32.0. The quantitative estimate of drug-likeness (QED) is 0.688. The van der Waals surface area contributed by atoms with Gasteiger partial charge in [0.1, 0.15) is 5.82 Å². The third-order valence-electron chi connectivity index (χ3n) is 3.09. The number of carboxylic acids is 2. The number of morpholine rings is 1. The number of carbonyl (C=O) groups excluding carboxylic acids is 1. The third-order valence-corrected chi connectivity index (χ3v) is 3.09. The summed E-state index contributed by atoms with van der Waals surface area (Å²) >= 11 is 0. The van der Waals surface area contributed by atoms with Gasteiger partial charge in [-0.05, 0) is 12.1 Å². The second-order valence-corrected chi connectivity index (χ2v) is 4.84. The minimum absolute atomic E-state index is 0.161.